The van der Waals surface area contributed by atoms with E-state index in [4.69, 9.17) is 4.74 Å². The smallest absolute Gasteiger partial charge is 0.293 e. The van der Waals surface area contributed by atoms with Gasteiger partial charge in [0.25, 0.3) is 6.47 Å². The summed E-state index contributed by atoms with van der Waals surface area (Å²) in [6, 6.07) is 0. The number of unbranched alkanes of at least 4 members (excludes halogenated alkanes) is 2. The van der Waals surface area contributed by atoms with Gasteiger partial charge in [-0.15, -0.1) is 6.58 Å². The number of carbonyl (C=O) groups is 2. The van der Waals surface area contributed by atoms with Gasteiger partial charge in [-0.1, -0.05) is 13.0 Å². The average Bonchev–Trinajstić information content (AvgIpc) is 2.75. The first kappa shape index (κ1) is 15.7. The SMILES string of the molecule is C=CCCCCN(C)C(=O)C1CC(OC=O)CC1C. The molecule has 1 rings (SSSR count). The summed E-state index contributed by atoms with van der Waals surface area (Å²) in [6.45, 7) is 7.02. The molecular weight excluding hydrogens is 242 g/mol. The topological polar surface area (TPSA) is 46.6 Å². The highest BCUT2D eigenvalue weighted by molar-refractivity contribution is 5.79. The number of hydrogen-bond acceptors (Lipinski definition) is 3. The highest BCUT2D eigenvalue weighted by atomic mass is 16.5. The fourth-order valence-electron chi connectivity index (χ4n) is 2.76. The van der Waals surface area contributed by atoms with Crippen molar-refractivity contribution in [3.63, 3.8) is 0 Å². The molecule has 0 N–H and O–H groups in total. The first-order valence-electron chi connectivity index (χ1n) is 7.05. The van der Waals surface area contributed by atoms with E-state index in [0.29, 0.717) is 12.9 Å². The molecule has 1 aliphatic carbocycles. The van der Waals surface area contributed by atoms with Crippen molar-refractivity contribution in [1.29, 1.82) is 0 Å². The number of carbonyl (C=O) groups excluding carboxylic acids is 2. The molecule has 0 saturated heterocycles. The Balaban J connectivity index is 2.39. The zero-order valence-electron chi connectivity index (χ0n) is 12.0. The second-order valence-electron chi connectivity index (χ2n) is 5.45. The van der Waals surface area contributed by atoms with Gasteiger partial charge in [0, 0.05) is 19.5 Å². The highest BCUT2D eigenvalue weighted by Gasteiger charge is 2.38. The van der Waals surface area contributed by atoms with Gasteiger partial charge in [-0.05, 0) is 38.0 Å². The Bertz CT molecular complexity index is 317. The first-order valence-corrected chi connectivity index (χ1v) is 7.05. The van der Waals surface area contributed by atoms with Gasteiger partial charge >= 0.3 is 0 Å². The number of amides is 1. The van der Waals surface area contributed by atoms with Crippen LogP contribution in [0, 0.1) is 11.8 Å². The molecule has 4 heteroatoms. The van der Waals surface area contributed by atoms with Crippen LogP contribution in [0.15, 0.2) is 12.7 Å². The van der Waals surface area contributed by atoms with Crippen molar-refractivity contribution in [3.05, 3.63) is 12.7 Å². The minimum Gasteiger partial charge on any atom is -0.465 e. The minimum absolute atomic E-state index is 0.00523. The molecule has 1 aliphatic rings. The van der Waals surface area contributed by atoms with Crippen LogP contribution in [0.25, 0.3) is 0 Å². The maximum Gasteiger partial charge on any atom is 0.293 e. The zero-order chi connectivity index (χ0) is 14.3. The van der Waals surface area contributed by atoms with Gasteiger partial charge in [-0.25, -0.2) is 0 Å². The van der Waals surface area contributed by atoms with Crippen molar-refractivity contribution in [3.8, 4) is 0 Å². The molecule has 0 bridgehead atoms. The van der Waals surface area contributed by atoms with E-state index < -0.39 is 0 Å². The first-order chi connectivity index (χ1) is 9.10. The highest BCUT2D eigenvalue weighted by Crippen LogP contribution is 2.34. The lowest BCUT2D eigenvalue weighted by Crippen LogP contribution is -2.35. The summed E-state index contributed by atoms with van der Waals surface area (Å²) in [4.78, 5) is 24.5. The molecule has 0 aromatic rings. The maximum absolute atomic E-state index is 12.3. The van der Waals surface area contributed by atoms with Crippen LogP contribution in [0.3, 0.4) is 0 Å². The van der Waals surface area contributed by atoms with Crippen LogP contribution in [-0.2, 0) is 14.3 Å². The van der Waals surface area contributed by atoms with Crippen LogP contribution in [0.2, 0.25) is 0 Å². The van der Waals surface area contributed by atoms with Crippen LogP contribution in [0.1, 0.15) is 39.0 Å². The van der Waals surface area contributed by atoms with Crippen LogP contribution < -0.4 is 0 Å². The summed E-state index contributed by atoms with van der Waals surface area (Å²) < 4.78 is 4.98. The Morgan fingerprint density at radius 1 is 1.42 bits per heavy atom. The van der Waals surface area contributed by atoms with Gasteiger partial charge in [0.2, 0.25) is 5.91 Å². The molecule has 19 heavy (non-hydrogen) atoms. The summed E-state index contributed by atoms with van der Waals surface area (Å²) >= 11 is 0. The molecule has 0 aliphatic heterocycles. The third kappa shape index (κ3) is 4.69. The fourth-order valence-corrected chi connectivity index (χ4v) is 2.76. The molecule has 1 saturated carbocycles. The van der Waals surface area contributed by atoms with E-state index in [-0.39, 0.29) is 23.8 Å². The monoisotopic (exact) mass is 267 g/mol. The van der Waals surface area contributed by atoms with Crippen molar-refractivity contribution in [2.45, 2.75) is 45.1 Å². The molecular formula is C15H25NO3. The molecule has 108 valence electrons. The quantitative estimate of drug-likeness (QED) is 0.385. The van der Waals surface area contributed by atoms with E-state index in [2.05, 4.69) is 13.5 Å². The van der Waals surface area contributed by atoms with E-state index in [1.165, 1.54) is 0 Å². The Labute approximate surface area is 115 Å². The predicted octanol–water partition coefficient (Wildman–Crippen LogP) is 2.39. The molecule has 0 aromatic carbocycles. The lowest BCUT2D eigenvalue weighted by Gasteiger charge is -2.23. The summed E-state index contributed by atoms with van der Waals surface area (Å²) in [5.41, 5.74) is 0. The Kier molecular flexibility index (Phi) is 6.60. The van der Waals surface area contributed by atoms with Crippen molar-refractivity contribution >= 4 is 12.4 Å². The fraction of sp³-hybridized carbons (Fsp3) is 0.733. The second kappa shape index (κ2) is 7.97. The number of allylic oxidation sites excluding steroid dienone is 1. The van der Waals surface area contributed by atoms with Crippen molar-refractivity contribution in [2.75, 3.05) is 13.6 Å². The van der Waals surface area contributed by atoms with E-state index in [1.54, 1.807) is 0 Å². The standard InChI is InChI=1S/C15H25NO3/c1-4-5-6-7-8-16(3)15(18)14-10-13(19-11-17)9-12(14)2/h4,11-14H,1,5-10H2,2-3H3. The molecule has 0 heterocycles. The number of rotatable bonds is 8. The van der Waals surface area contributed by atoms with Crippen molar-refractivity contribution in [1.82, 2.24) is 4.90 Å². The van der Waals surface area contributed by atoms with Gasteiger partial charge < -0.3 is 9.64 Å². The maximum atomic E-state index is 12.3. The van der Waals surface area contributed by atoms with Crippen LogP contribution in [0.5, 0.6) is 0 Å². The van der Waals surface area contributed by atoms with Crippen molar-refractivity contribution in [2.24, 2.45) is 11.8 Å². The van der Waals surface area contributed by atoms with E-state index in [1.807, 2.05) is 18.0 Å². The molecule has 0 aromatic heterocycles. The minimum atomic E-state index is -0.0874. The summed E-state index contributed by atoms with van der Waals surface area (Å²) in [5.74, 6) is 0.463. The zero-order valence-corrected chi connectivity index (χ0v) is 12.0. The van der Waals surface area contributed by atoms with Gasteiger partial charge in [-0.2, -0.15) is 0 Å². The predicted molar refractivity (Wildman–Crippen MR) is 74.5 cm³/mol. The van der Waals surface area contributed by atoms with E-state index in [0.717, 1.165) is 32.2 Å². The van der Waals surface area contributed by atoms with Gasteiger partial charge in [-0.3, -0.25) is 9.59 Å². The van der Waals surface area contributed by atoms with Gasteiger partial charge in [0.15, 0.2) is 0 Å². The van der Waals surface area contributed by atoms with Gasteiger partial charge in [0.1, 0.15) is 6.10 Å². The Morgan fingerprint density at radius 3 is 2.79 bits per heavy atom. The van der Waals surface area contributed by atoms with E-state index in [9.17, 15) is 9.59 Å². The molecule has 3 unspecified atom stereocenters. The molecule has 0 radical (unpaired) electrons. The number of ether oxygens (including phenoxy) is 1. The second-order valence-corrected chi connectivity index (χ2v) is 5.45. The van der Waals surface area contributed by atoms with E-state index >= 15 is 0 Å². The summed E-state index contributed by atoms with van der Waals surface area (Å²) in [6.07, 6.45) is 6.34. The molecule has 1 fully saturated rings. The number of hydrogen-bond donors (Lipinski definition) is 0. The summed E-state index contributed by atoms with van der Waals surface area (Å²) in [5, 5.41) is 0. The largest absolute Gasteiger partial charge is 0.465 e. The normalized spacial score (nSPS) is 25.9. The average molecular weight is 267 g/mol. The molecule has 0 spiro atoms. The Hall–Kier alpha value is -1.32. The van der Waals surface area contributed by atoms with Crippen LogP contribution in [0.4, 0.5) is 0 Å². The van der Waals surface area contributed by atoms with Gasteiger partial charge in [0.05, 0.1) is 0 Å². The molecule has 4 nitrogen and oxygen atoms in total. The third-order valence-electron chi connectivity index (χ3n) is 3.93. The van der Waals surface area contributed by atoms with Crippen LogP contribution >= 0.6 is 0 Å². The van der Waals surface area contributed by atoms with Crippen molar-refractivity contribution < 1.29 is 14.3 Å². The lowest BCUT2D eigenvalue weighted by atomic mass is 9.96. The number of nitrogens with zero attached hydrogens (tertiary/aromatic N) is 1. The lowest BCUT2D eigenvalue weighted by molar-refractivity contribution is -0.137. The molecule has 3 atom stereocenters. The van der Waals surface area contributed by atoms with Crippen LogP contribution in [-0.4, -0.2) is 37.0 Å². The third-order valence-corrected chi connectivity index (χ3v) is 3.93. The molecule has 1 amide bonds. The summed E-state index contributed by atoms with van der Waals surface area (Å²) in [7, 11) is 1.86. The Morgan fingerprint density at radius 2 is 2.16 bits per heavy atom.